The van der Waals surface area contributed by atoms with Crippen molar-refractivity contribution in [2.45, 2.75) is 24.7 Å². The van der Waals surface area contributed by atoms with Gasteiger partial charge in [-0.1, -0.05) is 6.07 Å². The summed E-state index contributed by atoms with van der Waals surface area (Å²) in [5.74, 6) is -0.690. The van der Waals surface area contributed by atoms with Gasteiger partial charge in [0.15, 0.2) is 0 Å². The highest BCUT2D eigenvalue weighted by Gasteiger charge is 2.31. The van der Waals surface area contributed by atoms with Gasteiger partial charge in [0.2, 0.25) is 21.8 Å². The summed E-state index contributed by atoms with van der Waals surface area (Å²) in [6, 6.07) is 10.5. The zero-order valence-corrected chi connectivity index (χ0v) is 19.3. The predicted octanol–water partition coefficient (Wildman–Crippen LogP) is 2.07. The van der Waals surface area contributed by atoms with Gasteiger partial charge in [0.25, 0.3) is 0 Å². The molecule has 2 aliphatic heterocycles. The predicted molar refractivity (Wildman–Crippen MR) is 123 cm³/mol. The lowest BCUT2D eigenvalue weighted by molar-refractivity contribution is -0.130. The van der Waals surface area contributed by atoms with E-state index in [4.69, 9.17) is 0 Å². The number of halogens is 1. The Bertz CT molecular complexity index is 1150. The average Bonchev–Trinajstić information content (AvgIpc) is 2.80. The van der Waals surface area contributed by atoms with E-state index in [0.29, 0.717) is 13.1 Å². The Morgan fingerprint density at radius 2 is 1.70 bits per heavy atom. The third-order valence-electron chi connectivity index (χ3n) is 6.03. The van der Waals surface area contributed by atoms with Crippen molar-refractivity contribution in [1.29, 1.82) is 0 Å². The highest BCUT2D eigenvalue weighted by atomic mass is 32.2. The van der Waals surface area contributed by atoms with E-state index in [9.17, 15) is 22.4 Å². The Labute approximate surface area is 193 Å². The smallest absolute Gasteiger partial charge is 0.243 e. The first-order valence-electron chi connectivity index (χ1n) is 10.9. The van der Waals surface area contributed by atoms with Gasteiger partial charge in [0.05, 0.1) is 11.4 Å². The van der Waals surface area contributed by atoms with Gasteiger partial charge in [-0.25, -0.2) is 12.8 Å². The quantitative estimate of drug-likeness (QED) is 0.717. The number of anilines is 2. The van der Waals surface area contributed by atoms with E-state index >= 15 is 0 Å². The van der Waals surface area contributed by atoms with E-state index in [0.717, 1.165) is 48.5 Å². The molecule has 2 amide bonds. The molecule has 1 fully saturated rings. The summed E-state index contributed by atoms with van der Waals surface area (Å²) in [4.78, 5) is 28.3. The number of nitrogens with zero attached hydrogens (tertiary/aromatic N) is 3. The first-order chi connectivity index (χ1) is 15.8. The van der Waals surface area contributed by atoms with Crippen LogP contribution >= 0.6 is 0 Å². The normalized spacial score (nSPS) is 16.9. The molecule has 10 heteroatoms. The molecule has 0 atom stereocenters. The molecule has 1 N–H and O–H groups in total. The summed E-state index contributed by atoms with van der Waals surface area (Å²) in [7, 11) is -3.73. The van der Waals surface area contributed by atoms with Crippen LogP contribution in [0.2, 0.25) is 0 Å². The summed E-state index contributed by atoms with van der Waals surface area (Å²) in [5.41, 5.74) is 2.75. The van der Waals surface area contributed by atoms with E-state index in [2.05, 4.69) is 5.32 Å². The lowest BCUT2D eigenvalue weighted by atomic mass is 9.99. The van der Waals surface area contributed by atoms with Crippen molar-refractivity contribution in [2.75, 3.05) is 49.5 Å². The van der Waals surface area contributed by atoms with Crippen molar-refractivity contribution in [2.24, 2.45) is 0 Å². The summed E-state index contributed by atoms with van der Waals surface area (Å²) in [6.45, 7) is 3.38. The van der Waals surface area contributed by atoms with E-state index in [1.54, 1.807) is 4.90 Å². The van der Waals surface area contributed by atoms with E-state index in [-0.39, 0.29) is 36.3 Å². The standard InChI is InChI=1S/C23H27FN4O4S/c1-17(29)25-21-5-2-6-22-20(21)4-3-11-27(22)16-23(30)26-12-14-28(15-13-26)33(31,32)19-9-7-18(24)8-10-19/h2,5-10H,3-4,11-16H2,1H3,(H,25,29). The van der Waals surface area contributed by atoms with Gasteiger partial charge in [-0.2, -0.15) is 4.31 Å². The van der Waals surface area contributed by atoms with Crippen LogP contribution in [-0.2, 0) is 26.0 Å². The van der Waals surface area contributed by atoms with Crippen LogP contribution in [0, 0.1) is 5.82 Å². The minimum atomic E-state index is -3.73. The summed E-state index contributed by atoms with van der Waals surface area (Å²) in [6.07, 6.45) is 1.71. The second-order valence-electron chi connectivity index (χ2n) is 8.25. The Hall–Kier alpha value is -2.98. The van der Waals surface area contributed by atoms with Gasteiger partial charge in [-0.3, -0.25) is 9.59 Å². The number of carbonyl (C=O) groups excluding carboxylic acids is 2. The van der Waals surface area contributed by atoms with Crippen molar-refractivity contribution in [3.63, 3.8) is 0 Å². The minimum Gasteiger partial charge on any atom is -0.362 e. The Balaban J connectivity index is 1.40. The van der Waals surface area contributed by atoms with Crippen LogP contribution in [0.5, 0.6) is 0 Å². The minimum absolute atomic E-state index is 0.0450. The van der Waals surface area contributed by atoms with Crippen LogP contribution in [0.15, 0.2) is 47.4 Å². The van der Waals surface area contributed by atoms with Gasteiger partial charge >= 0.3 is 0 Å². The molecular weight excluding hydrogens is 447 g/mol. The van der Waals surface area contributed by atoms with E-state index in [1.165, 1.54) is 23.4 Å². The lowest BCUT2D eigenvalue weighted by Crippen LogP contribution is -2.52. The molecule has 0 spiro atoms. The molecular formula is C23H27FN4O4S. The maximum atomic E-state index is 13.1. The highest BCUT2D eigenvalue weighted by molar-refractivity contribution is 7.89. The molecule has 2 heterocycles. The second kappa shape index (κ2) is 9.48. The second-order valence-corrected chi connectivity index (χ2v) is 10.2. The number of carbonyl (C=O) groups is 2. The molecule has 1 saturated heterocycles. The van der Waals surface area contributed by atoms with Gasteiger partial charge in [0, 0.05) is 51.0 Å². The summed E-state index contributed by atoms with van der Waals surface area (Å²) in [5, 5.41) is 2.86. The molecule has 8 nitrogen and oxygen atoms in total. The number of nitrogens with one attached hydrogen (secondary N) is 1. The Morgan fingerprint density at radius 1 is 1.00 bits per heavy atom. The van der Waals surface area contributed by atoms with Gasteiger partial charge in [-0.15, -0.1) is 0 Å². The fourth-order valence-electron chi connectivity index (χ4n) is 4.37. The molecule has 2 aliphatic rings. The molecule has 0 unspecified atom stereocenters. The van der Waals surface area contributed by atoms with Crippen molar-refractivity contribution >= 4 is 33.2 Å². The first-order valence-corrected chi connectivity index (χ1v) is 12.4. The molecule has 0 aromatic heterocycles. The largest absolute Gasteiger partial charge is 0.362 e. The molecule has 0 bridgehead atoms. The molecule has 0 aliphatic carbocycles. The van der Waals surface area contributed by atoms with Crippen LogP contribution in [0.25, 0.3) is 0 Å². The van der Waals surface area contributed by atoms with Crippen LogP contribution in [0.1, 0.15) is 18.9 Å². The topological polar surface area (TPSA) is 90.0 Å². The van der Waals surface area contributed by atoms with Gasteiger partial charge in [0.1, 0.15) is 5.82 Å². The molecule has 176 valence electrons. The SMILES string of the molecule is CC(=O)Nc1cccc2c1CCCN2CC(=O)N1CCN(S(=O)(=O)c2ccc(F)cc2)CC1. The number of rotatable bonds is 5. The van der Waals surface area contributed by atoms with E-state index < -0.39 is 15.8 Å². The third kappa shape index (κ3) is 5.01. The molecule has 0 radical (unpaired) electrons. The summed E-state index contributed by atoms with van der Waals surface area (Å²) >= 11 is 0. The van der Waals surface area contributed by atoms with Gasteiger partial charge < -0.3 is 15.1 Å². The maximum absolute atomic E-state index is 13.1. The van der Waals surface area contributed by atoms with Crippen LogP contribution in [0.3, 0.4) is 0 Å². The van der Waals surface area contributed by atoms with Crippen LogP contribution in [0.4, 0.5) is 15.8 Å². The Morgan fingerprint density at radius 3 is 2.36 bits per heavy atom. The van der Waals surface area contributed by atoms with Gasteiger partial charge in [-0.05, 0) is 54.8 Å². The van der Waals surface area contributed by atoms with E-state index in [1.807, 2.05) is 23.1 Å². The highest BCUT2D eigenvalue weighted by Crippen LogP contribution is 2.33. The van der Waals surface area contributed by atoms with Crippen molar-refractivity contribution in [1.82, 2.24) is 9.21 Å². The van der Waals surface area contributed by atoms with Crippen LogP contribution in [-0.4, -0.2) is 68.7 Å². The average molecular weight is 475 g/mol. The monoisotopic (exact) mass is 474 g/mol. The molecule has 4 rings (SSSR count). The lowest BCUT2D eigenvalue weighted by Gasteiger charge is -2.37. The van der Waals surface area contributed by atoms with Crippen molar-refractivity contribution < 1.29 is 22.4 Å². The Kier molecular flexibility index (Phi) is 6.66. The number of hydrogen-bond donors (Lipinski definition) is 1. The molecule has 33 heavy (non-hydrogen) atoms. The maximum Gasteiger partial charge on any atom is 0.243 e. The fourth-order valence-corrected chi connectivity index (χ4v) is 5.79. The van der Waals surface area contributed by atoms with Crippen molar-refractivity contribution in [3.05, 3.63) is 53.8 Å². The molecule has 2 aromatic rings. The number of benzene rings is 2. The summed E-state index contributed by atoms with van der Waals surface area (Å²) < 4.78 is 40.1. The third-order valence-corrected chi connectivity index (χ3v) is 7.94. The zero-order chi connectivity index (χ0) is 23.6. The fraction of sp³-hybridized carbons (Fsp3) is 0.391. The number of sulfonamides is 1. The number of fused-ring (bicyclic) bond motifs is 1. The molecule has 0 saturated carbocycles. The zero-order valence-electron chi connectivity index (χ0n) is 18.5. The van der Waals surface area contributed by atoms with Crippen LogP contribution < -0.4 is 10.2 Å². The number of piperazine rings is 1. The first kappa shape index (κ1) is 23.2. The van der Waals surface area contributed by atoms with Crippen molar-refractivity contribution in [3.8, 4) is 0 Å². The number of hydrogen-bond acceptors (Lipinski definition) is 5. The number of amides is 2. The molecule has 2 aromatic carbocycles.